The predicted molar refractivity (Wildman–Crippen MR) is 120 cm³/mol. The van der Waals surface area contributed by atoms with Gasteiger partial charge in [-0.05, 0) is 37.6 Å². The quantitative estimate of drug-likeness (QED) is 0.608. The molecule has 8 nitrogen and oxygen atoms in total. The molecule has 0 saturated carbocycles. The number of benzene rings is 1. The minimum absolute atomic E-state index is 0.207. The summed E-state index contributed by atoms with van der Waals surface area (Å²) >= 11 is 0. The van der Waals surface area contributed by atoms with Crippen molar-refractivity contribution in [2.75, 3.05) is 13.2 Å². The first-order valence-electron chi connectivity index (χ1n) is 10.8. The largest absolute Gasteiger partial charge is 0.490 e. The molecule has 1 aliphatic heterocycles. The van der Waals surface area contributed by atoms with E-state index < -0.39 is 0 Å². The number of hydrogen-bond donors (Lipinski definition) is 0. The van der Waals surface area contributed by atoms with Crippen LogP contribution < -0.4 is 16.0 Å². The smallest absolute Gasteiger partial charge is 0.332 e. The Morgan fingerprint density at radius 2 is 1.74 bits per heavy atom. The van der Waals surface area contributed by atoms with Crippen molar-refractivity contribution in [3.05, 3.63) is 56.5 Å². The van der Waals surface area contributed by atoms with Gasteiger partial charge in [-0.2, -0.15) is 0 Å². The number of imidazole rings is 1. The number of hydrogen-bond acceptors (Lipinski definition) is 5. The minimum atomic E-state index is -0.323. The monoisotopic (exact) mass is 424 g/mol. The van der Waals surface area contributed by atoms with Crippen molar-refractivity contribution in [3.8, 4) is 5.75 Å². The van der Waals surface area contributed by atoms with Gasteiger partial charge >= 0.3 is 5.69 Å². The molecule has 0 bridgehead atoms. The molecule has 3 aromatic rings. The van der Waals surface area contributed by atoms with Crippen molar-refractivity contribution in [2.24, 2.45) is 7.05 Å². The lowest BCUT2D eigenvalue weighted by atomic mass is 10.1. The molecule has 3 heterocycles. The molecule has 0 aliphatic carbocycles. The van der Waals surface area contributed by atoms with Crippen LogP contribution in [0.2, 0.25) is 0 Å². The van der Waals surface area contributed by atoms with Crippen LogP contribution in [0.1, 0.15) is 38.1 Å². The number of fused-ring (bicyclic) bond motifs is 1. The number of ether oxygens (including phenoxy) is 2. The van der Waals surface area contributed by atoms with Gasteiger partial charge in [-0.15, -0.1) is 0 Å². The zero-order valence-electron chi connectivity index (χ0n) is 18.2. The van der Waals surface area contributed by atoms with Crippen LogP contribution in [0.25, 0.3) is 23.3 Å². The van der Waals surface area contributed by atoms with E-state index in [4.69, 9.17) is 9.47 Å². The fourth-order valence-corrected chi connectivity index (χ4v) is 3.91. The Hall–Kier alpha value is -3.13. The van der Waals surface area contributed by atoms with Crippen LogP contribution in [0, 0.1) is 0 Å². The highest BCUT2D eigenvalue weighted by atomic mass is 16.5. The maximum Gasteiger partial charge on any atom is 0.332 e. The predicted octanol–water partition coefficient (Wildman–Crippen LogP) is 2.66. The highest BCUT2D eigenvalue weighted by molar-refractivity contribution is 5.76. The molecule has 8 heteroatoms. The van der Waals surface area contributed by atoms with E-state index in [1.807, 2.05) is 43.3 Å². The Morgan fingerprint density at radius 1 is 1.06 bits per heavy atom. The molecular weight excluding hydrogens is 396 g/mol. The van der Waals surface area contributed by atoms with Crippen LogP contribution in [0.4, 0.5) is 0 Å². The SMILES string of the molecule is CCn1c(=O)c2c(nc(C=Cc3ccc(OC4CCOCC4)cc3)n2C)n(CC)c1=O. The molecule has 164 valence electrons. The van der Waals surface area contributed by atoms with E-state index in [-0.39, 0.29) is 17.4 Å². The summed E-state index contributed by atoms with van der Waals surface area (Å²) in [4.78, 5) is 30.0. The van der Waals surface area contributed by atoms with Gasteiger partial charge in [0.25, 0.3) is 5.56 Å². The van der Waals surface area contributed by atoms with E-state index in [2.05, 4.69) is 4.98 Å². The van der Waals surface area contributed by atoms with Gasteiger partial charge in [0, 0.05) is 33.0 Å². The number of aromatic nitrogens is 4. The number of rotatable bonds is 6. The molecule has 0 atom stereocenters. The fourth-order valence-electron chi connectivity index (χ4n) is 3.91. The van der Waals surface area contributed by atoms with Gasteiger partial charge in [-0.1, -0.05) is 18.2 Å². The second-order valence-electron chi connectivity index (χ2n) is 7.61. The van der Waals surface area contributed by atoms with Gasteiger partial charge in [0.2, 0.25) is 0 Å². The average Bonchev–Trinajstić information content (AvgIpc) is 3.11. The van der Waals surface area contributed by atoms with Crippen LogP contribution >= 0.6 is 0 Å². The molecule has 1 aliphatic rings. The van der Waals surface area contributed by atoms with Crippen molar-refractivity contribution in [3.63, 3.8) is 0 Å². The molecule has 2 aromatic heterocycles. The van der Waals surface area contributed by atoms with Crippen molar-refractivity contribution in [1.82, 2.24) is 18.7 Å². The van der Waals surface area contributed by atoms with E-state index in [0.29, 0.717) is 30.1 Å². The third-order valence-electron chi connectivity index (χ3n) is 5.69. The number of aryl methyl sites for hydroxylation is 2. The Bertz CT molecular complexity index is 1210. The molecule has 0 spiro atoms. The normalized spacial score (nSPS) is 15.2. The molecule has 0 N–H and O–H groups in total. The van der Waals surface area contributed by atoms with Crippen LogP contribution in [-0.2, 0) is 24.9 Å². The van der Waals surface area contributed by atoms with Gasteiger partial charge < -0.3 is 14.0 Å². The van der Waals surface area contributed by atoms with Crippen LogP contribution in [0.15, 0.2) is 33.9 Å². The second-order valence-corrected chi connectivity index (χ2v) is 7.61. The maximum absolute atomic E-state index is 12.8. The zero-order chi connectivity index (χ0) is 22.0. The maximum atomic E-state index is 12.8. The first-order valence-corrected chi connectivity index (χ1v) is 10.8. The van der Waals surface area contributed by atoms with E-state index >= 15 is 0 Å². The van der Waals surface area contributed by atoms with E-state index in [1.165, 1.54) is 4.57 Å². The van der Waals surface area contributed by atoms with Gasteiger partial charge in [0.15, 0.2) is 11.2 Å². The molecular formula is C23H28N4O4. The molecule has 1 fully saturated rings. The van der Waals surface area contributed by atoms with Crippen LogP contribution in [0.3, 0.4) is 0 Å². The second kappa shape index (κ2) is 8.93. The molecule has 1 aromatic carbocycles. The first-order chi connectivity index (χ1) is 15.0. The average molecular weight is 425 g/mol. The lowest BCUT2D eigenvalue weighted by molar-refractivity contribution is 0.0256. The highest BCUT2D eigenvalue weighted by Gasteiger charge is 2.18. The summed E-state index contributed by atoms with van der Waals surface area (Å²) in [6, 6.07) is 7.89. The van der Waals surface area contributed by atoms with Gasteiger partial charge in [0.05, 0.1) is 13.2 Å². The first kappa shape index (κ1) is 21.1. The summed E-state index contributed by atoms with van der Waals surface area (Å²) in [6.07, 6.45) is 5.83. The molecule has 0 amide bonds. The van der Waals surface area contributed by atoms with Crippen LogP contribution in [-0.4, -0.2) is 38.0 Å². The molecule has 0 unspecified atom stereocenters. The third kappa shape index (κ3) is 4.07. The summed E-state index contributed by atoms with van der Waals surface area (Å²) in [5.74, 6) is 1.46. The minimum Gasteiger partial charge on any atom is -0.490 e. The van der Waals surface area contributed by atoms with E-state index in [0.717, 1.165) is 37.4 Å². The van der Waals surface area contributed by atoms with Crippen molar-refractivity contribution < 1.29 is 9.47 Å². The van der Waals surface area contributed by atoms with Crippen LogP contribution in [0.5, 0.6) is 5.75 Å². The lowest BCUT2D eigenvalue weighted by Gasteiger charge is -2.23. The Labute approximate surface area is 180 Å². The molecule has 0 radical (unpaired) electrons. The molecule has 1 saturated heterocycles. The van der Waals surface area contributed by atoms with Gasteiger partial charge in [0.1, 0.15) is 17.7 Å². The topological polar surface area (TPSA) is 80.3 Å². The number of nitrogens with zero attached hydrogens (tertiary/aromatic N) is 4. The zero-order valence-corrected chi connectivity index (χ0v) is 18.2. The summed E-state index contributed by atoms with van der Waals surface area (Å²) in [7, 11) is 1.80. The summed E-state index contributed by atoms with van der Waals surface area (Å²) in [5.41, 5.74) is 1.21. The highest BCUT2D eigenvalue weighted by Crippen LogP contribution is 2.20. The fraction of sp³-hybridized carbons (Fsp3) is 0.435. The summed E-state index contributed by atoms with van der Waals surface area (Å²) < 4.78 is 15.9. The summed E-state index contributed by atoms with van der Waals surface area (Å²) in [5, 5.41) is 0. The summed E-state index contributed by atoms with van der Waals surface area (Å²) in [6.45, 7) is 5.94. The van der Waals surface area contributed by atoms with E-state index in [9.17, 15) is 9.59 Å². The Kier molecular flexibility index (Phi) is 6.08. The Morgan fingerprint density at radius 3 is 2.39 bits per heavy atom. The van der Waals surface area contributed by atoms with Gasteiger partial charge in [-0.3, -0.25) is 13.9 Å². The van der Waals surface area contributed by atoms with Gasteiger partial charge in [-0.25, -0.2) is 9.78 Å². The van der Waals surface area contributed by atoms with E-state index in [1.54, 1.807) is 23.1 Å². The van der Waals surface area contributed by atoms with Crippen molar-refractivity contribution >= 4 is 23.3 Å². The molecule has 31 heavy (non-hydrogen) atoms. The Balaban J connectivity index is 1.61. The molecule has 4 rings (SSSR count). The van der Waals surface area contributed by atoms with Crippen molar-refractivity contribution in [1.29, 1.82) is 0 Å². The lowest BCUT2D eigenvalue weighted by Crippen LogP contribution is -2.39. The third-order valence-corrected chi connectivity index (χ3v) is 5.69. The standard InChI is InChI=1S/C23H28N4O4/c1-4-26-21-20(22(28)27(5-2)23(26)29)25(3)19(24-21)11-8-16-6-9-17(10-7-16)31-18-12-14-30-15-13-18/h6-11,18H,4-5,12-15H2,1-3H3. The van der Waals surface area contributed by atoms with Crippen molar-refractivity contribution in [2.45, 2.75) is 45.9 Å².